The van der Waals surface area contributed by atoms with Crippen LogP contribution in [0, 0.1) is 0 Å². The number of hydrogen-bond acceptors (Lipinski definition) is 4. The van der Waals surface area contributed by atoms with Crippen LogP contribution in [0.2, 0.25) is 0 Å². The first-order chi connectivity index (χ1) is 8.37. The van der Waals surface area contributed by atoms with Crippen LogP contribution in [-0.2, 0) is 19.7 Å². The monoisotopic (exact) mass is 280 g/mol. The maximum atomic E-state index is 12.2. The summed E-state index contributed by atoms with van der Waals surface area (Å²) in [5.74, 6) is -1.01. The molecule has 106 valence electrons. The lowest BCUT2D eigenvalue weighted by Gasteiger charge is -2.34. The first-order valence-electron chi connectivity index (χ1n) is 5.92. The fraction of sp³-hybridized carbons (Fsp3) is 0.900. The molecule has 0 amide bonds. The lowest BCUT2D eigenvalue weighted by atomic mass is 10.2. The number of nitrogens with zero attached hydrogens (tertiary/aromatic N) is 2. The van der Waals surface area contributed by atoms with Crippen molar-refractivity contribution in [1.82, 2.24) is 8.61 Å². The van der Waals surface area contributed by atoms with Gasteiger partial charge in [-0.05, 0) is 6.42 Å². The van der Waals surface area contributed by atoms with E-state index in [-0.39, 0.29) is 19.1 Å². The third-order valence-corrected chi connectivity index (χ3v) is 4.87. The maximum absolute atomic E-state index is 12.2. The van der Waals surface area contributed by atoms with E-state index in [1.165, 1.54) is 11.4 Å². The zero-order valence-electron chi connectivity index (χ0n) is 10.7. The van der Waals surface area contributed by atoms with Gasteiger partial charge in [0, 0.05) is 26.7 Å². The van der Waals surface area contributed by atoms with E-state index in [0.29, 0.717) is 19.7 Å². The molecule has 8 heteroatoms. The molecule has 1 fully saturated rings. The second kappa shape index (κ2) is 6.46. The Morgan fingerprint density at radius 1 is 1.56 bits per heavy atom. The summed E-state index contributed by atoms with van der Waals surface area (Å²) in [5, 5.41) is 8.56. The second-order valence-electron chi connectivity index (χ2n) is 4.23. The molecular weight excluding hydrogens is 260 g/mol. The average Bonchev–Trinajstić information content (AvgIpc) is 2.35. The molecule has 1 atom stereocenters. The minimum atomic E-state index is -3.58. The van der Waals surface area contributed by atoms with Crippen molar-refractivity contribution in [3.8, 4) is 0 Å². The smallest absolute Gasteiger partial charge is 0.304 e. The average molecular weight is 280 g/mol. The largest absolute Gasteiger partial charge is 0.481 e. The van der Waals surface area contributed by atoms with Crippen molar-refractivity contribution >= 4 is 16.2 Å². The molecule has 0 saturated carbocycles. The van der Waals surface area contributed by atoms with Gasteiger partial charge in [-0.1, -0.05) is 6.92 Å². The Hall–Kier alpha value is -0.700. The van der Waals surface area contributed by atoms with Gasteiger partial charge in [0.05, 0.1) is 19.1 Å². The molecular formula is C10H20N2O5S. The molecule has 1 unspecified atom stereocenters. The van der Waals surface area contributed by atoms with Crippen molar-refractivity contribution in [2.24, 2.45) is 0 Å². The molecule has 0 aliphatic carbocycles. The summed E-state index contributed by atoms with van der Waals surface area (Å²) < 4.78 is 32.2. The first kappa shape index (κ1) is 15.4. The van der Waals surface area contributed by atoms with Crippen LogP contribution in [0.4, 0.5) is 0 Å². The summed E-state index contributed by atoms with van der Waals surface area (Å²) in [5.41, 5.74) is 0. The zero-order chi connectivity index (χ0) is 13.8. The normalized spacial score (nSPS) is 22.3. The van der Waals surface area contributed by atoms with Crippen molar-refractivity contribution in [1.29, 1.82) is 0 Å². The molecule has 1 heterocycles. The van der Waals surface area contributed by atoms with Crippen LogP contribution in [0.15, 0.2) is 0 Å². The third kappa shape index (κ3) is 3.91. The molecule has 1 aliphatic rings. The Kier molecular flexibility index (Phi) is 5.51. The molecule has 1 aliphatic heterocycles. The van der Waals surface area contributed by atoms with Crippen LogP contribution in [0.3, 0.4) is 0 Å². The molecule has 0 aromatic carbocycles. The highest BCUT2D eigenvalue weighted by Crippen LogP contribution is 2.14. The Bertz CT molecular complexity index is 384. The number of carboxylic acids is 1. The first-order valence-corrected chi connectivity index (χ1v) is 7.32. The van der Waals surface area contributed by atoms with E-state index in [4.69, 9.17) is 9.84 Å². The van der Waals surface area contributed by atoms with E-state index in [2.05, 4.69) is 0 Å². The number of rotatable bonds is 6. The number of ether oxygens (including phenoxy) is 1. The van der Waals surface area contributed by atoms with Gasteiger partial charge in [0.1, 0.15) is 0 Å². The summed E-state index contributed by atoms with van der Waals surface area (Å²) in [4.78, 5) is 10.5. The second-order valence-corrected chi connectivity index (χ2v) is 6.27. The molecule has 0 bridgehead atoms. The van der Waals surface area contributed by atoms with Crippen LogP contribution < -0.4 is 0 Å². The van der Waals surface area contributed by atoms with Crippen LogP contribution in [0.1, 0.15) is 19.8 Å². The van der Waals surface area contributed by atoms with Crippen molar-refractivity contribution in [2.75, 3.05) is 33.3 Å². The van der Waals surface area contributed by atoms with Gasteiger partial charge in [-0.3, -0.25) is 4.79 Å². The summed E-state index contributed by atoms with van der Waals surface area (Å²) >= 11 is 0. The number of aliphatic carboxylic acids is 1. The highest BCUT2D eigenvalue weighted by atomic mass is 32.2. The predicted octanol–water partition coefficient (Wildman–Crippen LogP) is -0.251. The van der Waals surface area contributed by atoms with E-state index in [9.17, 15) is 13.2 Å². The van der Waals surface area contributed by atoms with E-state index >= 15 is 0 Å². The number of hydrogen-bond donors (Lipinski definition) is 1. The summed E-state index contributed by atoms with van der Waals surface area (Å²) in [7, 11) is -2.18. The van der Waals surface area contributed by atoms with Gasteiger partial charge in [-0.25, -0.2) is 0 Å². The Labute approximate surface area is 108 Å². The Morgan fingerprint density at radius 2 is 2.22 bits per heavy atom. The highest BCUT2D eigenvalue weighted by molar-refractivity contribution is 7.86. The zero-order valence-corrected chi connectivity index (χ0v) is 11.5. The van der Waals surface area contributed by atoms with Crippen molar-refractivity contribution in [2.45, 2.75) is 25.9 Å². The van der Waals surface area contributed by atoms with Gasteiger partial charge in [0.25, 0.3) is 10.2 Å². The topological polar surface area (TPSA) is 87.2 Å². The highest BCUT2D eigenvalue weighted by Gasteiger charge is 2.31. The van der Waals surface area contributed by atoms with Gasteiger partial charge in [0.2, 0.25) is 0 Å². The minimum absolute atomic E-state index is 0.0220. The number of morpholine rings is 1. The third-order valence-electron chi connectivity index (χ3n) is 2.92. The molecule has 1 N–H and O–H groups in total. The van der Waals surface area contributed by atoms with Crippen LogP contribution >= 0.6 is 0 Å². The Balaban J connectivity index is 2.64. The van der Waals surface area contributed by atoms with E-state index in [1.54, 1.807) is 0 Å². The van der Waals surface area contributed by atoms with Crippen molar-refractivity contribution in [3.63, 3.8) is 0 Å². The van der Waals surface area contributed by atoms with E-state index in [0.717, 1.165) is 10.7 Å². The molecule has 1 rings (SSSR count). The molecule has 0 spiro atoms. The van der Waals surface area contributed by atoms with E-state index < -0.39 is 16.2 Å². The van der Waals surface area contributed by atoms with Crippen molar-refractivity contribution < 1.29 is 23.1 Å². The van der Waals surface area contributed by atoms with Crippen LogP contribution in [-0.4, -0.2) is 67.5 Å². The molecule has 0 aromatic rings. The molecule has 7 nitrogen and oxygen atoms in total. The van der Waals surface area contributed by atoms with Gasteiger partial charge in [-0.2, -0.15) is 17.0 Å². The van der Waals surface area contributed by atoms with Gasteiger partial charge < -0.3 is 9.84 Å². The van der Waals surface area contributed by atoms with E-state index in [1.807, 2.05) is 6.92 Å². The van der Waals surface area contributed by atoms with Gasteiger partial charge in [-0.15, -0.1) is 0 Å². The van der Waals surface area contributed by atoms with Crippen molar-refractivity contribution in [3.05, 3.63) is 0 Å². The van der Waals surface area contributed by atoms with Crippen LogP contribution in [0.5, 0.6) is 0 Å². The molecule has 1 saturated heterocycles. The predicted molar refractivity (Wildman–Crippen MR) is 65.4 cm³/mol. The molecule has 0 aromatic heterocycles. The molecule has 0 radical (unpaired) electrons. The SMILES string of the molecule is CCC1CN(S(=O)(=O)N(C)CCC(=O)O)CCO1. The summed E-state index contributed by atoms with van der Waals surface area (Å²) in [6.45, 7) is 2.94. The standard InChI is InChI=1S/C10H20N2O5S/c1-3-9-8-12(6-7-17-9)18(15,16)11(2)5-4-10(13)14/h9H,3-8H2,1-2H3,(H,13,14). The quantitative estimate of drug-likeness (QED) is 0.725. The van der Waals surface area contributed by atoms with Gasteiger partial charge in [0.15, 0.2) is 0 Å². The van der Waals surface area contributed by atoms with Gasteiger partial charge >= 0.3 is 5.97 Å². The number of carbonyl (C=O) groups is 1. The summed E-state index contributed by atoms with van der Waals surface area (Å²) in [6, 6.07) is 0. The summed E-state index contributed by atoms with van der Waals surface area (Å²) in [6.07, 6.45) is 0.476. The minimum Gasteiger partial charge on any atom is -0.481 e. The lowest BCUT2D eigenvalue weighted by molar-refractivity contribution is -0.137. The lowest BCUT2D eigenvalue weighted by Crippen LogP contribution is -2.50. The number of carboxylic acid groups (broad SMARTS) is 1. The maximum Gasteiger partial charge on any atom is 0.304 e. The molecule has 18 heavy (non-hydrogen) atoms. The fourth-order valence-corrected chi connectivity index (χ4v) is 3.09. The fourth-order valence-electron chi connectivity index (χ4n) is 1.71. The van der Waals surface area contributed by atoms with Crippen LogP contribution in [0.25, 0.3) is 0 Å². The Morgan fingerprint density at radius 3 is 2.78 bits per heavy atom.